The molecule has 1 aliphatic rings. The fourth-order valence-electron chi connectivity index (χ4n) is 4.26. The van der Waals surface area contributed by atoms with E-state index >= 15 is 0 Å². The summed E-state index contributed by atoms with van der Waals surface area (Å²) in [6, 6.07) is 30.2. The van der Waals surface area contributed by atoms with Crippen molar-refractivity contribution in [3.8, 4) is 0 Å². The van der Waals surface area contributed by atoms with Crippen LogP contribution in [-0.4, -0.2) is 17.8 Å². The van der Waals surface area contributed by atoms with Gasteiger partial charge >= 0.3 is 0 Å². The van der Waals surface area contributed by atoms with Crippen LogP contribution in [0.4, 0.5) is 5.69 Å². The number of Topliss-reactive ketones (excluding diaryl/α,β-unsaturated/α-hetero) is 1. The van der Waals surface area contributed by atoms with E-state index < -0.39 is 0 Å². The average Bonchev–Trinajstić information content (AvgIpc) is 2.81. The van der Waals surface area contributed by atoms with Gasteiger partial charge < -0.3 is 4.90 Å². The van der Waals surface area contributed by atoms with E-state index in [1.54, 1.807) is 0 Å². The van der Waals surface area contributed by atoms with Gasteiger partial charge in [0.1, 0.15) is 0 Å². The van der Waals surface area contributed by atoms with E-state index in [9.17, 15) is 4.79 Å². The first-order valence-electron chi connectivity index (χ1n) is 10.2. The molecule has 0 N–H and O–H groups in total. The van der Waals surface area contributed by atoms with Gasteiger partial charge in [0.15, 0.2) is 5.78 Å². The Morgan fingerprint density at radius 1 is 0.867 bits per heavy atom. The third-order valence-corrected chi connectivity index (χ3v) is 5.78. The quantitative estimate of drug-likeness (QED) is 0.396. The highest BCUT2D eigenvalue weighted by Crippen LogP contribution is 2.43. The molecule has 0 amide bonds. The van der Waals surface area contributed by atoms with Crippen molar-refractivity contribution in [2.24, 2.45) is 0 Å². The van der Waals surface area contributed by atoms with Crippen molar-refractivity contribution >= 4 is 27.9 Å². The molecule has 0 bridgehead atoms. The second-order valence-electron chi connectivity index (χ2n) is 7.69. The number of allylic oxidation sites excluding steroid dienone is 1. The first-order chi connectivity index (χ1) is 14.7. The van der Waals surface area contributed by atoms with Crippen molar-refractivity contribution in [1.82, 2.24) is 4.98 Å². The van der Waals surface area contributed by atoms with Gasteiger partial charge in [0.25, 0.3) is 0 Å². The Hall–Kier alpha value is -3.72. The first kappa shape index (κ1) is 18.3. The Morgan fingerprint density at radius 2 is 1.60 bits per heavy atom. The van der Waals surface area contributed by atoms with Gasteiger partial charge in [-0.2, -0.15) is 0 Å². The largest absolute Gasteiger partial charge is 0.350 e. The molecular weight excluding hydrogens is 368 g/mol. The van der Waals surface area contributed by atoms with Crippen LogP contribution < -0.4 is 4.90 Å². The molecule has 0 fully saturated rings. The van der Waals surface area contributed by atoms with Gasteiger partial charge in [-0.25, -0.2) is 4.98 Å². The van der Waals surface area contributed by atoms with Gasteiger partial charge in [-0.1, -0.05) is 72.8 Å². The van der Waals surface area contributed by atoms with E-state index in [2.05, 4.69) is 48.5 Å². The van der Waals surface area contributed by atoms with Crippen molar-refractivity contribution in [2.45, 2.75) is 12.3 Å². The number of aromatic nitrogens is 1. The summed E-state index contributed by atoms with van der Waals surface area (Å²) < 4.78 is 0. The maximum Gasteiger partial charge on any atom is 0.163 e. The third-order valence-electron chi connectivity index (χ3n) is 5.78. The molecule has 3 aromatic carbocycles. The summed E-state index contributed by atoms with van der Waals surface area (Å²) in [7, 11) is 2.05. The number of ketones is 1. The van der Waals surface area contributed by atoms with Crippen LogP contribution in [0.25, 0.3) is 16.5 Å². The summed E-state index contributed by atoms with van der Waals surface area (Å²) in [6.07, 6.45) is 2.54. The summed E-state index contributed by atoms with van der Waals surface area (Å²) in [4.78, 5) is 20.2. The van der Waals surface area contributed by atoms with Crippen LogP contribution in [-0.2, 0) is 0 Å². The van der Waals surface area contributed by atoms with E-state index in [-0.39, 0.29) is 11.7 Å². The number of carbonyl (C=O) groups is 1. The van der Waals surface area contributed by atoms with Gasteiger partial charge in [0.05, 0.1) is 11.2 Å². The Kier molecular flexibility index (Phi) is 4.64. The number of pyridine rings is 1. The Bertz CT molecular complexity index is 1260. The highest BCUT2D eigenvalue weighted by Gasteiger charge is 2.29. The van der Waals surface area contributed by atoms with Crippen LogP contribution in [0.5, 0.6) is 0 Å². The lowest BCUT2D eigenvalue weighted by molar-refractivity contribution is 0.0979. The predicted molar refractivity (Wildman–Crippen MR) is 123 cm³/mol. The summed E-state index contributed by atoms with van der Waals surface area (Å²) in [5.41, 5.74) is 6.00. The van der Waals surface area contributed by atoms with Crippen molar-refractivity contribution in [1.29, 1.82) is 0 Å². The Labute approximate surface area is 176 Å². The van der Waals surface area contributed by atoms with E-state index in [1.165, 1.54) is 0 Å². The number of carbonyl (C=O) groups excluding carboxylic acids is 1. The SMILES string of the molecule is CN1C=C(c2ccc3ccccc3n2)[C@H](CC(=O)c2ccccc2)c2ccccc21. The maximum atomic E-state index is 13.1. The normalized spacial score (nSPS) is 15.6. The number of hydrogen-bond acceptors (Lipinski definition) is 3. The number of benzene rings is 3. The number of nitrogens with zero attached hydrogens (tertiary/aromatic N) is 2. The van der Waals surface area contributed by atoms with E-state index in [0.29, 0.717) is 6.42 Å². The molecule has 1 atom stereocenters. The van der Waals surface area contributed by atoms with E-state index in [0.717, 1.165) is 39.0 Å². The van der Waals surface area contributed by atoms with Gasteiger partial charge in [0.2, 0.25) is 0 Å². The lowest BCUT2D eigenvalue weighted by Crippen LogP contribution is -2.22. The molecule has 1 aromatic heterocycles. The highest BCUT2D eigenvalue weighted by molar-refractivity contribution is 5.98. The second-order valence-corrected chi connectivity index (χ2v) is 7.69. The minimum atomic E-state index is -0.0428. The molecule has 5 rings (SSSR count). The summed E-state index contributed by atoms with van der Waals surface area (Å²) in [5, 5.41) is 1.11. The second kappa shape index (κ2) is 7.60. The standard InChI is InChI=1S/C27H22N2O/c1-29-18-23(25-16-15-19-9-5-7-13-24(19)28-25)22(21-12-6-8-14-26(21)29)17-27(30)20-10-3-2-4-11-20/h2-16,18,22H,17H2,1H3/t22-/m1/s1. The van der Waals surface area contributed by atoms with Gasteiger partial charge in [-0.05, 0) is 23.8 Å². The molecule has 0 saturated heterocycles. The molecular formula is C27H22N2O. The zero-order valence-corrected chi connectivity index (χ0v) is 16.8. The number of para-hydroxylation sites is 2. The Balaban J connectivity index is 1.60. The van der Waals surface area contributed by atoms with Crippen molar-refractivity contribution in [3.63, 3.8) is 0 Å². The van der Waals surface area contributed by atoms with E-state index in [1.807, 2.05) is 60.7 Å². The molecule has 30 heavy (non-hydrogen) atoms. The molecule has 146 valence electrons. The zero-order chi connectivity index (χ0) is 20.5. The summed E-state index contributed by atoms with van der Waals surface area (Å²) in [5.74, 6) is 0.102. The molecule has 0 aliphatic carbocycles. The number of fused-ring (bicyclic) bond motifs is 2. The van der Waals surface area contributed by atoms with Crippen LogP contribution >= 0.6 is 0 Å². The highest BCUT2D eigenvalue weighted by atomic mass is 16.1. The topological polar surface area (TPSA) is 33.2 Å². The maximum absolute atomic E-state index is 13.1. The van der Waals surface area contributed by atoms with Crippen molar-refractivity contribution in [2.75, 3.05) is 11.9 Å². The van der Waals surface area contributed by atoms with E-state index in [4.69, 9.17) is 4.98 Å². The molecule has 4 aromatic rings. The van der Waals surface area contributed by atoms with Gasteiger partial charge in [0, 0.05) is 47.8 Å². The Morgan fingerprint density at radius 3 is 2.47 bits per heavy atom. The third kappa shape index (κ3) is 3.29. The fourth-order valence-corrected chi connectivity index (χ4v) is 4.26. The lowest BCUT2D eigenvalue weighted by atomic mass is 9.81. The van der Waals surface area contributed by atoms with Crippen LogP contribution in [0.3, 0.4) is 0 Å². The molecule has 0 unspecified atom stereocenters. The molecule has 3 nitrogen and oxygen atoms in total. The van der Waals surface area contributed by atoms with Gasteiger partial charge in [-0.3, -0.25) is 4.79 Å². The summed E-state index contributed by atoms with van der Waals surface area (Å²) >= 11 is 0. The molecule has 0 radical (unpaired) electrons. The number of rotatable bonds is 4. The van der Waals surface area contributed by atoms with Crippen LogP contribution in [0.2, 0.25) is 0 Å². The van der Waals surface area contributed by atoms with Crippen LogP contribution in [0.1, 0.15) is 34.0 Å². The smallest absolute Gasteiger partial charge is 0.163 e. The van der Waals surface area contributed by atoms with Gasteiger partial charge in [-0.15, -0.1) is 0 Å². The van der Waals surface area contributed by atoms with Crippen LogP contribution in [0, 0.1) is 0 Å². The molecule has 0 saturated carbocycles. The molecule has 2 heterocycles. The number of hydrogen-bond donors (Lipinski definition) is 0. The number of anilines is 1. The van der Waals surface area contributed by atoms with Crippen LogP contribution in [0.15, 0.2) is 97.2 Å². The van der Waals surface area contributed by atoms with Crippen molar-refractivity contribution < 1.29 is 4.79 Å². The van der Waals surface area contributed by atoms with Crippen molar-refractivity contribution in [3.05, 3.63) is 114 Å². The molecule has 1 aliphatic heterocycles. The minimum Gasteiger partial charge on any atom is -0.350 e. The minimum absolute atomic E-state index is 0.0428. The summed E-state index contributed by atoms with van der Waals surface area (Å²) in [6.45, 7) is 0. The fraction of sp³-hybridized carbons (Fsp3) is 0.111. The first-order valence-corrected chi connectivity index (χ1v) is 10.2. The molecule has 3 heteroatoms. The monoisotopic (exact) mass is 390 g/mol. The average molecular weight is 390 g/mol. The zero-order valence-electron chi connectivity index (χ0n) is 16.8. The predicted octanol–water partition coefficient (Wildman–Crippen LogP) is 6.08. The molecule has 0 spiro atoms. The lowest BCUT2D eigenvalue weighted by Gasteiger charge is -2.32.